The van der Waals surface area contributed by atoms with Gasteiger partial charge in [-0.3, -0.25) is 14.8 Å². The molecule has 1 aliphatic rings. The number of ether oxygens (including phenoxy) is 1. The molecule has 1 aromatic rings. The van der Waals surface area contributed by atoms with Gasteiger partial charge in [-0.15, -0.1) is 0 Å². The van der Waals surface area contributed by atoms with Crippen LogP contribution in [0.5, 0.6) is 0 Å². The van der Waals surface area contributed by atoms with Gasteiger partial charge >= 0.3 is 0 Å². The van der Waals surface area contributed by atoms with Crippen LogP contribution in [0.2, 0.25) is 0 Å². The van der Waals surface area contributed by atoms with Crippen molar-refractivity contribution < 1.29 is 4.74 Å². The Labute approximate surface area is 122 Å². The van der Waals surface area contributed by atoms with Crippen LogP contribution in [0.4, 0.5) is 0 Å². The van der Waals surface area contributed by atoms with Gasteiger partial charge in [-0.1, -0.05) is 13.0 Å². The van der Waals surface area contributed by atoms with Crippen LogP contribution in [-0.4, -0.2) is 60.7 Å². The minimum absolute atomic E-state index is 0.447. The van der Waals surface area contributed by atoms with E-state index in [2.05, 4.69) is 34.7 Å². The summed E-state index contributed by atoms with van der Waals surface area (Å²) in [7, 11) is 1.78. The molecule has 0 spiro atoms. The quantitative estimate of drug-likeness (QED) is 0.797. The van der Waals surface area contributed by atoms with E-state index >= 15 is 0 Å². The lowest BCUT2D eigenvalue weighted by Gasteiger charge is -2.43. The maximum Gasteiger partial charge on any atom is 0.0589 e. The molecule has 1 saturated heterocycles. The van der Waals surface area contributed by atoms with Gasteiger partial charge in [0.1, 0.15) is 0 Å². The fourth-order valence-electron chi connectivity index (χ4n) is 2.99. The highest BCUT2D eigenvalue weighted by Crippen LogP contribution is 2.23. The molecule has 20 heavy (non-hydrogen) atoms. The minimum atomic E-state index is 0.447. The summed E-state index contributed by atoms with van der Waals surface area (Å²) in [6.07, 6.45) is 5.02. The molecule has 4 heteroatoms. The number of hydrogen-bond donors (Lipinski definition) is 0. The van der Waals surface area contributed by atoms with Crippen LogP contribution in [0, 0.1) is 0 Å². The van der Waals surface area contributed by atoms with Crippen LogP contribution in [0.1, 0.15) is 31.9 Å². The first-order valence-corrected chi connectivity index (χ1v) is 7.63. The molecule has 0 aliphatic carbocycles. The minimum Gasteiger partial charge on any atom is -0.383 e. The molecule has 0 amide bonds. The van der Waals surface area contributed by atoms with E-state index < -0.39 is 0 Å². The van der Waals surface area contributed by atoms with Gasteiger partial charge in [-0.2, -0.15) is 0 Å². The Bertz CT molecular complexity index is 385. The average molecular weight is 277 g/mol. The number of pyridine rings is 1. The van der Waals surface area contributed by atoms with Gasteiger partial charge in [-0.25, -0.2) is 0 Å². The third kappa shape index (κ3) is 3.78. The Morgan fingerprint density at radius 2 is 2.30 bits per heavy atom. The number of aromatic nitrogens is 1. The van der Waals surface area contributed by atoms with Crippen molar-refractivity contribution in [3.63, 3.8) is 0 Å². The highest BCUT2D eigenvalue weighted by atomic mass is 16.5. The number of rotatable bonds is 6. The first kappa shape index (κ1) is 15.4. The average Bonchev–Trinajstić information content (AvgIpc) is 2.52. The van der Waals surface area contributed by atoms with Crippen molar-refractivity contribution in [2.24, 2.45) is 0 Å². The van der Waals surface area contributed by atoms with E-state index in [1.54, 1.807) is 7.11 Å². The fraction of sp³-hybridized carbons (Fsp3) is 0.688. The summed E-state index contributed by atoms with van der Waals surface area (Å²) >= 11 is 0. The van der Waals surface area contributed by atoms with Crippen molar-refractivity contribution in [3.8, 4) is 0 Å². The summed E-state index contributed by atoms with van der Waals surface area (Å²) in [6.45, 7) is 9.83. The maximum atomic E-state index is 5.22. The molecule has 112 valence electrons. The Hall–Kier alpha value is -0.970. The second kappa shape index (κ2) is 7.72. The van der Waals surface area contributed by atoms with Crippen LogP contribution in [-0.2, 0) is 4.74 Å². The molecule has 1 aromatic heterocycles. The second-order valence-corrected chi connectivity index (χ2v) is 5.55. The largest absolute Gasteiger partial charge is 0.383 e. The number of methoxy groups -OCH3 is 1. The summed E-state index contributed by atoms with van der Waals surface area (Å²) in [5, 5.41) is 0. The van der Waals surface area contributed by atoms with Crippen LogP contribution in [0.3, 0.4) is 0 Å². The Morgan fingerprint density at radius 1 is 1.45 bits per heavy atom. The predicted molar refractivity (Wildman–Crippen MR) is 81.8 cm³/mol. The van der Waals surface area contributed by atoms with Crippen LogP contribution < -0.4 is 0 Å². The van der Waals surface area contributed by atoms with E-state index in [1.807, 2.05) is 18.5 Å². The van der Waals surface area contributed by atoms with E-state index in [9.17, 15) is 0 Å². The zero-order valence-corrected chi connectivity index (χ0v) is 13.0. The smallest absolute Gasteiger partial charge is 0.0589 e. The molecule has 1 aliphatic heterocycles. The van der Waals surface area contributed by atoms with Crippen LogP contribution >= 0.6 is 0 Å². The molecule has 0 saturated carbocycles. The third-order valence-electron chi connectivity index (χ3n) is 4.40. The molecule has 4 nitrogen and oxygen atoms in total. The van der Waals surface area contributed by atoms with Crippen molar-refractivity contribution in [2.75, 3.05) is 39.9 Å². The molecular weight excluding hydrogens is 250 g/mol. The van der Waals surface area contributed by atoms with Gasteiger partial charge in [-0.05, 0) is 25.0 Å². The summed E-state index contributed by atoms with van der Waals surface area (Å²) in [6, 6.07) is 5.29. The molecule has 2 atom stereocenters. The highest BCUT2D eigenvalue weighted by molar-refractivity contribution is 5.13. The molecular formula is C16H27N3O. The molecule has 0 unspecified atom stereocenters. The number of hydrogen-bond acceptors (Lipinski definition) is 4. The summed E-state index contributed by atoms with van der Waals surface area (Å²) in [5.41, 5.74) is 1.31. The first-order valence-electron chi connectivity index (χ1n) is 7.63. The molecule has 1 fully saturated rings. The zero-order chi connectivity index (χ0) is 14.4. The van der Waals surface area contributed by atoms with Crippen molar-refractivity contribution in [3.05, 3.63) is 30.1 Å². The lowest BCUT2D eigenvalue weighted by atomic mass is 10.0. The third-order valence-corrected chi connectivity index (χ3v) is 4.40. The Balaban J connectivity index is 1.95. The van der Waals surface area contributed by atoms with Crippen molar-refractivity contribution in [2.45, 2.75) is 32.4 Å². The fourth-order valence-corrected chi connectivity index (χ4v) is 2.99. The predicted octanol–water partition coefficient (Wildman–Crippen LogP) is 2.19. The Kier molecular flexibility index (Phi) is 5.95. The topological polar surface area (TPSA) is 28.6 Å². The van der Waals surface area contributed by atoms with Gasteiger partial charge in [0, 0.05) is 57.8 Å². The standard InChI is InChI=1S/C16H27N3O/c1-4-16-13-19(9-8-18(16)10-11-20-3)14(2)15-6-5-7-17-12-15/h5-7,12,14,16H,4,8-11,13H2,1-3H3/t14-,16+/m1/s1. The van der Waals surface area contributed by atoms with Crippen molar-refractivity contribution in [1.29, 1.82) is 0 Å². The zero-order valence-electron chi connectivity index (χ0n) is 13.0. The molecule has 2 heterocycles. The summed E-state index contributed by atoms with van der Waals surface area (Å²) in [5.74, 6) is 0. The summed E-state index contributed by atoms with van der Waals surface area (Å²) < 4.78 is 5.22. The van der Waals surface area contributed by atoms with Gasteiger partial charge in [0.05, 0.1) is 6.61 Å². The van der Waals surface area contributed by atoms with E-state index in [4.69, 9.17) is 4.74 Å². The first-order chi connectivity index (χ1) is 9.76. The van der Waals surface area contributed by atoms with Gasteiger partial charge < -0.3 is 4.74 Å². The van der Waals surface area contributed by atoms with E-state index in [-0.39, 0.29) is 0 Å². The van der Waals surface area contributed by atoms with Crippen LogP contribution in [0.15, 0.2) is 24.5 Å². The molecule has 2 rings (SSSR count). The molecule has 0 N–H and O–H groups in total. The monoisotopic (exact) mass is 277 g/mol. The lowest BCUT2D eigenvalue weighted by Crippen LogP contribution is -2.54. The molecule has 0 bridgehead atoms. The van der Waals surface area contributed by atoms with E-state index in [0.29, 0.717) is 12.1 Å². The molecule has 0 radical (unpaired) electrons. The molecule has 0 aromatic carbocycles. The maximum absolute atomic E-state index is 5.22. The van der Waals surface area contributed by atoms with Crippen molar-refractivity contribution in [1.82, 2.24) is 14.8 Å². The summed E-state index contributed by atoms with van der Waals surface area (Å²) in [4.78, 5) is 9.38. The second-order valence-electron chi connectivity index (χ2n) is 5.55. The van der Waals surface area contributed by atoms with Gasteiger partial charge in [0.25, 0.3) is 0 Å². The van der Waals surface area contributed by atoms with E-state index in [1.165, 1.54) is 12.0 Å². The van der Waals surface area contributed by atoms with Gasteiger partial charge in [0.15, 0.2) is 0 Å². The highest BCUT2D eigenvalue weighted by Gasteiger charge is 2.28. The normalized spacial score (nSPS) is 22.9. The van der Waals surface area contributed by atoms with Gasteiger partial charge in [0.2, 0.25) is 0 Å². The van der Waals surface area contributed by atoms with Crippen molar-refractivity contribution >= 4 is 0 Å². The lowest BCUT2D eigenvalue weighted by molar-refractivity contribution is 0.0332. The van der Waals surface area contributed by atoms with E-state index in [0.717, 1.165) is 32.8 Å². The number of piperazine rings is 1. The Morgan fingerprint density at radius 3 is 2.95 bits per heavy atom. The SMILES string of the molecule is CC[C@H]1CN([C@H](C)c2cccnc2)CCN1CCOC. The van der Waals surface area contributed by atoms with Crippen LogP contribution in [0.25, 0.3) is 0 Å². The number of nitrogens with zero attached hydrogens (tertiary/aromatic N) is 3.